The molecule has 0 aliphatic rings. The van der Waals surface area contributed by atoms with E-state index < -0.39 is 23.9 Å². The molecule has 0 unspecified atom stereocenters. The number of amides is 3. The molecule has 0 bridgehead atoms. The van der Waals surface area contributed by atoms with Gasteiger partial charge in [0, 0.05) is 0 Å². The molecule has 136 valence electrons. The van der Waals surface area contributed by atoms with Crippen LogP contribution in [0.4, 0.5) is 4.79 Å². The van der Waals surface area contributed by atoms with E-state index in [1.807, 2.05) is 30.3 Å². The zero-order valence-electron chi connectivity index (χ0n) is 14.3. The van der Waals surface area contributed by atoms with Crippen LogP contribution in [0.25, 0.3) is 0 Å². The fraction of sp³-hybridized carbons (Fsp3) is 0.211. The Morgan fingerprint density at radius 1 is 0.962 bits per heavy atom. The van der Waals surface area contributed by atoms with E-state index in [4.69, 9.17) is 10.5 Å². The van der Waals surface area contributed by atoms with Gasteiger partial charge in [-0.1, -0.05) is 48.5 Å². The van der Waals surface area contributed by atoms with E-state index in [1.165, 1.54) is 0 Å². The number of carbonyl (C=O) groups excluding carboxylic acids is 3. The molecule has 0 radical (unpaired) electrons. The number of hydrogen-bond donors (Lipinski definition) is 3. The summed E-state index contributed by atoms with van der Waals surface area (Å²) in [5.74, 6) is -0.913. The Labute approximate surface area is 151 Å². The van der Waals surface area contributed by atoms with Crippen LogP contribution < -0.4 is 21.1 Å². The first-order valence-electron chi connectivity index (χ1n) is 8.12. The second-order valence-corrected chi connectivity index (χ2v) is 5.71. The molecular formula is C19H21N3O4. The smallest absolute Gasteiger partial charge is 0.410 e. The summed E-state index contributed by atoms with van der Waals surface area (Å²) in [5.41, 5.74) is 6.08. The number of nitrogens with one attached hydrogen (secondary N) is 2. The minimum absolute atomic E-state index is 0.300. The number of ether oxygens (including phenoxy) is 1. The topological polar surface area (TPSA) is 111 Å². The molecule has 7 heteroatoms. The molecule has 4 N–H and O–H groups in total. The van der Waals surface area contributed by atoms with Crippen molar-refractivity contribution in [2.75, 3.05) is 0 Å². The van der Waals surface area contributed by atoms with Gasteiger partial charge in [0.2, 0.25) is 11.8 Å². The van der Waals surface area contributed by atoms with Crippen LogP contribution >= 0.6 is 0 Å². The van der Waals surface area contributed by atoms with Crippen molar-refractivity contribution in [1.82, 2.24) is 10.6 Å². The number of nitrogens with two attached hydrogens (primary N) is 1. The maximum absolute atomic E-state index is 12.5. The Balaban J connectivity index is 2.00. The summed E-state index contributed by atoms with van der Waals surface area (Å²) in [4.78, 5) is 35.7. The summed E-state index contributed by atoms with van der Waals surface area (Å²) in [7, 11) is 0. The number of benzene rings is 2. The molecule has 0 saturated heterocycles. The van der Waals surface area contributed by atoms with Crippen molar-refractivity contribution in [2.45, 2.75) is 25.4 Å². The molecule has 2 aromatic rings. The van der Waals surface area contributed by atoms with Gasteiger partial charge in [0.15, 0.2) is 0 Å². The summed E-state index contributed by atoms with van der Waals surface area (Å²) in [6, 6.07) is 16.3. The highest BCUT2D eigenvalue weighted by atomic mass is 16.6. The molecule has 0 spiro atoms. The van der Waals surface area contributed by atoms with Crippen molar-refractivity contribution in [1.29, 1.82) is 0 Å². The minimum Gasteiger partial charge on any atom is -0.410 e. The van der Waals surface area contributed by atoms with E-state index in [9.17, 15) is 14.4 Å². The largest absolute Gasteiger partial charge is 0.413 e. The normalized spacial score (nSPS) is 12.5. The lowest BCUT2D eigenvalue weighted by atomic mass is 10.1. The summed E-state index contributed by atoms with van der Waals surface area (Å²) < 4.78 is 5.08. The molecule has 7 nitrogen and oxygen atoms in total. The van der Waals surface area contributed by atoms with E-state index >= 15 is 0 Å². The van der Waals surface area contributed by atoms with Crippen LogP contribution in [0, 0.1) is 0 Å². The lowest BCUT2D eigenvalue weighted by Crippen LogP contribution is -2.49. The monoisotopic (exact) mass is 355 g/mol. The summed E-state index contributed by atoms with van der Waals surface area (Å²) >= 11 is 0. The maximum atomic E-state index is 12.5. The van der Waals surface area contributed by atoms with Crippen molar-refractivity contribution in [3.05, 3.63) is 66.2 Å². The summed E-state index contributed by atoms with van der Waals surface area (Å²) in [5, 5.41) is 5.13. The van der Waals surface area contributed by atoms with Gasteiger partial charge in [0.1, 0.15) is 11.8 Å². The fourth-order valence-electron chi connectivity index (χ4n) is 2.32. The molecule has 0 aliphatic carbocycles. The Hall–Kier alpha value is -3.35. The predicted octanol–water partition coefficient (Wildman–Crippen LogP) is 1.90. The van der Waals surface area contributed by atoms with Crippen molar-refractivity contribution in [2.24, 2.45) is 5.73 Å². The molecule has 0 saturated carbocycles. The number of para-hydroxylation sites is 1. The molecule has 26 heavy (non-hydrogen) atoms. The molecule has 0 heterocycles. The minimum atomic E-state index is -1.13. The highest BCUT2D eigenvalue weighted by Crippen LogP contribution is 2.12. The van der Waals surface area contributed by atoms with E-state index in [-0.39, 0.29) is 12.5 Å². The molecule has 0 aromatic heterocycles. The molecule has 2 atom stereocenters. The van der Waals surface area contributed by atoms with Gasteiger partial charge in [-0.25, -0.2) is 4.79 Å². The number of hydrogen-bond acceptors (Lipinski definition) is 4. The Bertz CT molecular complexity index is 750. The summed E-state index contributed by atoms with van der Waals surface area (Å²) in [6.45, 7) is 1.80. The number of primary amides is 1. The van der Waals surface area contributed by atoms with Crippen molar-refractivity contribution >= 4 is 17.9 Å². The molecule has 3 amide bonds. The maximum Gasteiger partial charge on any atom is 0.413 e. The lowest BCUT2D eigenvalue weighted by Gasteiger charge is -2.20. The van der Waals surface area contributed by atoms with Crippen molar-refractivity contribution < 1.29 is 19.1 Å². The standard InChI is InChI=1S/C19H21N3O4/c1-13(14-8-4-2-5-9-14)21-18(24)16(12-17(20)23)22-19(25)26-15-10-6-3-7-11-15/h2-11,13,16H,12H2,1H3,(H2,20,23)(H,21,24)(H,22,25)/t13-,16-/m0/s1. The zero-order chi connectivity index (χ0) is 18.9. The van der Waals surface area contributed by atoms with Crippen LogP contribution in [0.5, 0.6) is 5.75 Å². The Kier molecular flexibility index (Phi) is 6.73. The van der Waals surface area contributed by atoms with Gasteiger partial charge in [-0.05, 0) is 24.6 Å². The Morgan fingerprint density at radius 3 is 2.12 bits per heavy atom. The third kappa shape index (κ3) is 5.94. The first kappa shape index (κ1) is 19.0. The van der Waals surface area contributed by atoms with E-state index in [0.717, 1.165) is 5.56 Å². The zero-order valence-corrected chi connectivity index (χ0v) is 14.3. The van der Waals surface area contributed by atoms with Gasteiger partial charge in [0.05, 0.1) is 12.5 Å². The third-order valence-electron chi connectivity index (χ3n) is 3.63. The van der Waals surface area contributed by atoms with Crippen LogP contribution in [-0.2, 0) is 9.59 Å². The second-order valence-electron chi connectivity index (χ2n) is 5.71. The van der Waals surface area contributed by atoms with E-state index in [2.05, 4.69) is 10.6 Å². The van der Waals surface area contributed by atoms with E-state index in [1.54, 1.807) is 37.3 Å². The molecular weight excluding hydrogens is 334 g/mol. The molecule has 0 fully saturated rings. The van der Waals surface area contributed by atoms with Crippen molar-refractivity contribution in [3.63, 3.8) is 0 Å². The number of carbonyl (C=O) groups is 3. The Morgan fingerprint density at radius 2 is 1.54 bits per heavy atom. The van der Waals surface area contributed by atoms with Crippen LogP contribution in [0.1, 0.15) is 24.9 Å². The molecule has 0 aliphatic heterocycles. The van der Waals surface area contributed by atoms with Crippen LogP contribution in [-0.4, -0.2) is 23.9 Å². The SMILES string of the molecule is C[C@H](NC(=O)[C@H](CC(N)=O)NC(=O)Oc1ccccc1)c1ccccc1. The van der Waals surface area contributed by atoms with Crippen LogP contribution in [0.3, 0.4) is 0 Å². The molecule has 2 rings (SSSR count). The highest BCUT2D eigenvalue weighted by molar-refractivity contribution is 5.90. The van der Waals surface area contributed by atoms with Gasteiger partial charge >= 0.3 is 6.09 Å². The van der Waals surface area contributed by atoms with Crippen LogP contribution in [0.2, 0.25) is 0 Å². The van der Waals surface area contributed by atoms with Gasteiger partial charge in [-0.2, -0.15) is 0 Å². The predicted molar refractivity (Wildman–Crippen MR) is 96.2 cm³/mol. The second kappa shape index (κ2) is 9.22. The third-order valence-corrected chi connectivity index (χ3v) is 3.63. The quantitative estimate of drug-likeness (QED) is 0.704. The van der Waals surface area contributed by atoms with Gasteiger partial charge < -0.3 is 21.1 Å². The summed E-state index contributed by atoms with van der Waals surface area (Å²) in [6.07, 6.45) is -1.18. The fourth-order valence-corrected chi connectivity index (χ4v) is 2.32. The highest BCUT2D eigenvalue weighted by Gasteiger charge is 2.25. The average Bonchev–Trinajstić information content (AvgIpc) is 2.62. The average molecular weight is 355 g/mol. The first-order chi connectivity index (χ1) is 12.5. The van der Waals surface area contributed by atoms with Crippen LogP contribution in [0.15, 0.2) is 60.7 Å². The van der Waals surface area contributed by atoms with Gasteiger partial charge in [0.25, 0.3) is 0 Å². The van der Waals surface area contributed by atoms with Gasteiger partial charge in [-0.3, -0.25) is 9.59 Å². The van der Waals surface area contributed by atoms with E-state index in [0.29, 0.717) is 5.75 Å². The molecule has 2 aromatic carbocycles. The van der Waals surface area contributed by atoms with Gasteiger partial charge in [-0.15, -0.1) is 0 Å². The number of rotatable bonds is 7. The van der Waals surface area contributed by atoms with Crippen molar-refractivity contribution in [3.8, 4) is 5.75 Å². The lowest BCUT2D eigenvalue weighted by molar-refractivity contribution is -0.127. The first-order valence-corrected chi connectivity index (χ1v) is 8.12.